The SMILES string of the molecule is COCOc1cc(N2CCc3c(ncnc3N3CCNCC3)C2)c2ccccc2c1. The number of ether oxygens (including phenoxy) is 2. The average Bonchev–Trinajstić information content (AvgIpc) is 2.82. The van der Waals surface area contributed by atoms with Crippen molar-refractivity contribution in [3.63, 3.8) is 0 Å². The molecule has 1 aromatic heterocycles. The summed E-state index contributed by atoms with van der Waals surface area (Å²) in [7, 11) is 1.64. The molecule has 3 heterocycles. The maximum atomic E-state index is 5.78. The number of hydrogen-bond donors (Lipinski definition) is 1. The van der Waals surface area contributed by atoms with Gasteiger partial charge in [-0.2, -0.15) is 0 Å². The third kappa shape index (κ3) is 3.66. The zero-order valence-corrected chi connectivity index (χ0v) is 17.3. The van der Waals surface area contributed by atoms with E-state index in [1.54, 1.807) is 13.4 Å². The number of piperazine rings is 1. The van der Waals surface area contributed by atoms with Crippen LogP contribution in [0.4, 0.5) is 11.5 Å². The van der Waals surface area contributed by atoms with Crippen molar-refractivity contribution in [2.24, 2.45) is 0 Å². The highest BCUT2D eigenvalue weighted by molar-refractivity contribution is 5.95. The van der Waals surface area contributed by atoms with E-state index in [2.05, 4.69) is 61.5 Å². The Bertz CT molecular complexity index is 1040. The molecule has 30 heavy (non-hydrogen) atoms. The molecule has 2 aliphatic heterocycles. The number of benzene rings is 2. The lowest BCUT2D eigenvalue weighted by Gasteiger charge is -2.35. The number of hydrogen-bond acceptors (Lipinski definition) is 7. The molecule has 7 heteroatoms. The quantitative estimate of drug-likeness (QED) is 0.655. The fraction of sp³-hybridized carbons (Fsp3) is 0.391. The van der Waals surface area contributed by atoms with E-state index in [4.69, 9.17) is 9.47 Å². The minimum absolute atomic E-state index is 0.238. The Morgan fingerprint density at radius 2 is 1.90 bits per heavy atom. The lowest BCUT2D eigenvalue weighted by Crippen LogP contribution is -2.45. The normalized spacial score (nSPS) is 16.6. The topological polar surface area (TPSA) is 62.8 Å². The molecule has 0 bridgehead atoms. The number of aromatic nitrogens is 2. The zero-order chi connectivity index (χ0) is 20.3. The van der Waals surface area contributed by atoms with E-state index in [1.165, 1.54) is 16.6 Å². The van der Waals surface area contributed by atoms with Crippen molar-refractivity contribution in [1.82, 2.24) is 15.3 Å². The number of anilines is 2. The highest BCUT2D eigenvalue weighted by Gasteiger charge is 2.25. The van der Waals surface area contributed by atoms with Gasteiger partial charge >= 0.3 is 0 Å². The van der Waals surface area contributed by atoms with Crippen molar-refractivity contribution in [2.75, 3.05) is 56.4 Å². The highest BCUT2D eigenvalue weighted by Crippen LogP contribution is 2.35. The molecule has 0 aliphatic carbocycles. The molecule has 7 nitrogen and oxygen atoms in total. The summed E-state index contributed by atoms with van der Waals surface area (Å²) in [6.45, 7) is 5.94. The van der Waals surface area contributed by atoms with E-state index in [-0.39, 0.29) is 6.79 Å². The van der Waals surface area contributed by atoms with Gasteiger partial charge < -0.3 is 24.6 Å². The maximum absolute atomic E-state index is 5.78. The van der Waals surface area contributed by atoms with Crippen molar-refractivity contribution in [3.8, 4) is 5.75 Å². The van der Waals surface area contributed by atoms with Crippen molar-refractivity contribution in [2.45, 2.75) is 13.0 Å². The first-order valence-corrected chi connectivity index (χ1v) is 10.5. The monoisotopic (exact) mass is 405 g/mol. The summed E-state index contributed by atoms with van der Waals surface area (Å²) in [5.74, 6) is 1.93. The predicted octanol–water partition coefficient (Wildman–Crippen LogP) is 2.58. The van der Waals surface area contributed by atoms with Crippen LogP contribution in [0.25, 0.3) is 10.8 Å². The number of nitrogens with zero attached hydrogens (tertiary/aromatic N) is 4. The fourth-order valence-corrected chi connectivity index (χ4v) is 4.43. The van der Waals surface area contributed by atoms with E-state index in [0.717, 1.165) is 68.3 Å². The summed E-state index contributed by atoms with van der Waals surface area (Å²) in [6.07, 6.45) is 2.66. The molecule has 2 aromatic carbocycles. The van der Waals surface area contributed by atoms with Crippen molar-refractivity contribution in [1.29, 1.82) is 0 Å². The van der Waals surface area contributed by atoms with Gasteiger partial charge in [0.2, 0.25) is 0 Å². The number of nitrogens with one attached hydrogen (secondary N) is 1. The number of rotatable bonds is 5. The second-order valence-corrected chi connectivity index (χ2v) is 7.75. The molecule has 3 aromatic rings. The van der Waals surface area contributed by atoms with Crippen LogP contribution in [-0.2, 0) is 17.7 Å². The van der Waals surface area contributed by atoms with Gasteiger partial charge in [0.15, 0.2) is 6.79 Å². The summed E-state index contributed by atoms with van der Waals surface area (Å²) in [5, 5.41) is 5.80. The molecule has 0 unspecified atom stereocenters. The molecule has 1 fully saturated rings. The number of fused-ring (bicyclic) bond motifs is 2. The predicted molar refractivity (Wildman–Crippen MR) is 118 cm³/mol. The van der Waals surface area contributed by atoms with Crippen LogP contribution in [0.2, 0.25) is 0 Å². The first kappa shape index (κ1) is 19.1. The molecule has 2 aliphatic rings. The molecule has 0 saturated carbocycles. The summed E-state index contributed by atoms with van der Waals surface area (Å²) in [5.41, 5.74) is 3.59. The van der Waals surface area contributed by atoms with E-state index >= 15 is 0 Å². The third-order valence-corrected chi connectivity index (χ3v) is 5.90. The summed E-state index contributed by atoms with van der Waals surface area (Å²) in [6, 6.07) is 12.6. The van der Waals surface area contributed by atoms with Crippen LogP contribution < -0.4 is 19.9 Å². The molecular formula is C23H27N5O2. The smallest absolute Gasteiger partial charge is 0.188 e. The Labute approximate surface area is 176 Å². The Hall–Kier alpha value is -2.90. The Balaban J connectivity index is 1.48. The standard InChI is InChI=1S/C23H27N5O2/c1-29-16-30-18-12-17-4-2-3-5-19(17)22(13-18)28-9-6-20-21(14-28)25-15-26-23(20)27-10-7-24-8-11-27/h2-5,12-13,15,24H,6-11,14,16H2,1H3. The van der Waals surface area contributed by atoms with Gasteiger partial charge in [-0.25, -0.2) is 9.97 Å². The first-order chi connectivity index (χ1) is 14.8. The fourth-order valence-electron chi connectivity index (χ4n) is 4.43. The van der Waals surface area contributed by atoms with Gasteiger partial charge in [-0.3, -0.25) is 0 Å². The van der Waals surface area contributed by atoms with Gasteiger partial charge in [-0.05, 0) is 17.9 Å². The van der Waals surface area contributed by atoms with Crippen LogP contribution >= 0.6 is 0 Å². The lowest BCUT2D eigenvalue weighted by atomic mass is 10.0. The van der Waals surface area contributed by atoms with E-state index in [1.807, 2.05) is 0 Å². The van der Waals surface area contributed by atoms with Gasteiger partial charge in [0.1, 0.15) is 17.9 Å². The van der Waals surface area contributed by atoms with Crippen LogP contribution in [-0.4, -0.2) is 56.6 Å². The first-order valence-electron chi connectivity index (χ1n) is 10.5. The second-order valence-electron chi connectivity index (χ2n) is 7.75. The van der Waals surface area contributed by atoms with Gasteiger partial charge in [0.05, 0.1) is 12.2 Å². The zero-order valence-electron chi connectivity index (χ0n) is 17.3. The van der Waals surface area contributed by atoms with Crippen LogP contribution in [0, 0.1) is 0 Å². The molecule has 1 saturated heterocycles. The molecule has 0 spiro atoms. The number of methoxy groups -OCH3 is 1. The molecule has 0 radical (unpaired) electrons. The van der Waals surface area contributed by atoms with Crippen LogP contribution in [0.3, 0.4) is 0 Å². The van der Waals surface area contributed by atoms with Crippen molar-refractivity contribution < 1.29 is 9.47 Å². The lowest BCUT2D eigenvalue weighted by molar-refractivity contribution is 0.0512. The Morgan fingerprint density at radius 3 is 2.77 bits per heavy atom. The van der Waals surface area contributed by atoms with Gasteiger partial charge in [-0.15, -0.1) is 0 Å². The van der Waals surface area contributed by atoms with Crippen LogP contribution in [0.5, 0.6) is 5.75 Å². The Morgan fingerprint density at radius 1 is 1.03 bits per heavy atom. The van der Waals surface area contributed by atoms with Crippen molar-refractivity contribution in [3.05, 3.63) is 54.0 Å². The minimum Gasteiger partial charge on any atom is -0.467 e. The molecule has 0 atom stereocenters. The average molecular weight is 406 g/mol. The summed E-state index contributed by atoms with van der Waals surface area (Å²) in [4.78, 5) is 14.1. The Kier molecular flexibility index (Phi) is 5.38. The largest absolute Gasteiger partial charge is 0.467 e. The molecule has 0 amide bonds. The molecule has 5 rings (SSSR count). The van der Waals surface area contributed by atoms with E-state index in [0.29, 0.717) is 0 Å². The summed E-state index contributed by atoms with van der Waals surface area (Å²) >= 11 is 0. The molecular weight excluding hydrogens is 378 g/mol. The molecule has 1 N–H and O–H groups in total. The van der Waals surface area contributed by atoms with Gasteiger partial charge in [-0.1, -0.05) is 24.3 Å². The van der Waals surface area contributed by atoms with Gasteiger partial charge in [0, 0.05) is 62.5 Å². The highest BCUT2D eigenvalue weighted by atomic mass is 16.7. The minimum atomic E-state index is 0.238. The van der Waals surface area contributed by atoms with E-state index < -0.39 is 0 Å². The van der Waals surface area contributed by atoms with Crippen LogP contribution in [0.1, 0.15) is 11.3 Å². The summed E-state index contributed by atoms with van der Waals surface area (Å²) < 4.78 is 10.9. The van der Waals surface area contributed by atoms with E-state index in [9.17, 15) is 0 Å². The third-order valence-electron chi connectivity index (χ3n) is 5.90. The second kappa shape index (κ2) is 8.45. The maximum Gasteiger partial charge on any atom is 0.188 e. The van der Waals surface area contributed by atoms with Gasteiger partial charge in [0.25, 0.3) is 0 Å². The van der Waals surface area contributed by atoms with Crippen LogP contribution in [0.15, 0.2) is 42.7 Å². The van der Waals surface area contributed by atoms with Crippen molar-refractivity contribution >= 4 is 22.3 Å². The molecule has 156 valence electrons.